The Kier molecular flexibility index (Phi) is 5.03. The molecule has 5 N–H and O–H groups in total. The summed E-state index contributed by atoms with van der Waals surface area (Å²) in [6, 6.07) is 4.35. The number of benzene rings is 1. The highest BCUT2D eigenvalue weighted by Crippen LogP contribution is 2.28. The number of nitrogens with one attached hydrogen (secondary N) is 1. The van der Waals surface area contributed by atoms with Crippen molar-refractivity contribution in [3.63, 3.8) is 0 Å². The second-order valence-corrected chi connectivity index (χ2v) is 6.22. The van der Waals surface area contributed by atoms with Crippen molar-refractivity contribution >= 4 is 17.5 Å². The number of anilines is 1. The fourth-order valence-corrected chi connectivity index (χ4v) is 3.13. The van der Waals surface area contributed by atoms with E-state index in [0.717, 1.165) is 11.1 Å². The first-order valence-corrected chi connectivity index (χ1v) is 8.02. The van der Waals surface area contributed by atoms with Gasteiger partial charge in [0, 0.05) is 17.7 Å². The van der Waals surface area contributed by atoms with Crippen LogP contribution < -0.4 is 5.32 Å². The fourth-order valence-electron chi connectivity index (χ4n) is 3.13. The second kappa shape index (κ2) is 7.07. The third kappa shape index (κ3) is 3.37. The van der Waals surface area contributed by atoms with E-state index in [1.54, 1.807) is 18.2 Å². The lowest BCUT2D eigenvalue weighted by Crippen LogP contribution is -2.61. The summed E-state index contributed by atoms with van der Waals surface area (Å²) in [6.07, 6.45) is -1.57. The molecule has 1 aromatic rings. The van der Waals surface area contributed by atoms with Crippen LogP contribution in [0.15, 0.2) is 36.4 Å². The molecular formula is C18H21NO6. The summed E-state index contributed by atoms with van der Waals surface area (Å²) in [6.45, 7) is 3.11. The first-order valence-electron chi connectivity index (χ1n) is 8.02. The van der Waals surface area contributed by atoms with Gasteiger partial charge in [0.15, 0.2) is 12.1 Å². The summed E-state index contributed by atoms with van der Waals surface area (Å²) in [5.41, 5.74) is 2.86. The molecule has 3 rings (SSSR count). The van der Waals surface area contributed by atoms with E-state index in [1.807, 2.05) is 6.07 Å². The largest absolute Gasteiger partial charge is 0.394 e. The smallest absolute Gasteiger partial charge is 0.178 e. The Balaban J connectivity index is 1.80. The SMILES string of the molecule is C=CC1=Cc2ccc(NC3C(O)OC(CO)[C@@H](O)[C@@H]3O)cc2CC1=O. The van der Waals surface area contributed by atoms with E-state index in [1.165, 1.54) is 6.08 Å². The fraction of sp³-hybridized carbons (Fsp3) is 0.389. The number of carbonyl (C=O) groups is 1. The van der Waals surface area contributed by atoms with Crippen molar-refractivity contribution in [2.24, 2.45) is 0 Å². The number of rotatable bonds is 4. The van der Waals surface area contributed by atoms with Gasteiger partial charge < -0.3 is 30.5 Å². The van der Waals surface area contributed by atoms with E-state index in [4.69, 9.17) is 9.84 Å². The zero-order chi connectivity index (χ0) is 18.1. The van der Waals surface area contributed by atoms with Gasteiger partial charge in [-0.2, -0.15) is 0 Å². The van der Waals surface area contributed by atoms with Gasteiger partial charge in [-0.25, -0.2) is 0 Å². The molecule has 1 fully saturated rings. The number of hydrogen-bond donors (Lipinski definition) is 5. The van der Waals surface area contributed by atoms with Gasteiger partial charge in [0.2, 0.25) is 0 Å². The molecule has 0 radical (unpaired) electrons. The van der Waals surface area contributed by atoms with E-state index in [9.17, 15) is 20.1 Å². The van der Waals surface area contributed by atoms with Crippen LogP contribution in [0.5, 0.6) is 0 Å². The van der Waals surface area contributed by atoms with Gasteiger partial charge in [-0.15, -0.1) is 0 Å². The highest BCUT2D eigenvalue weighted by atomic mass is 16.6. The molecule has 25 heavy (non-hydrogen) atoms. The Hall–Kier alpha value is -2.03. The highest BCUT2D eigenvalue weighted by Gasteiger charge is 2.43. The molecule has 1 aromatic carbocycles. The monoisotopic (exact) mass is 347 g/mol. The van der Waals surface area contributed by atoms with Crippen LogP contribution in [0.2, 0.25) is 0 Å². The first-order chi connectivity index (χ1) is 11.9. The van der Waals surface area contributed by atoms with Crippen molar-refractivity contribution in [2.75, 3.05) is 11.9 Å². The van der Waals surface area contributed by atoms with Gasteiger partial charge in [-0.1, -0.05) is 18.7 Å². The van der Waals surface area contributed by atoms with Gasteiger partial charge >= 0.3 is 0 Å². The highest BCUT2D eigenvalue weighted by molar-refractivity contribution is 6.06. The number of ether oxygens (including phenoxy) is 1. The summed E-state index contributed by atoms with van der Waals surface area (Å²) >= 11 is 0. The molecule has 3 unspecified atom stereocenters. The summed E-state index contributed by atoms with van der Waals surface area (Å²) in [5.74, 6) is -0.0260. The average molecular weight is 347 g/mol. The molecule has 0 spiro atoms. The molecule has 2 aliphatic rings. The van der Waals surface area contributed by atoms with Crippen molar-refractivity contribution in [2.45, 2.75) is 37.1 Å². The Bertz CT molecular complexity index is 716. The zero-order valence-electron chi connectivity index (χ0n) is 13.5. The van der Waals surface area contributed by atoms with E-state index in [0.29, 0.717) is 11.3 Å². The van der Waals surface area contributed by atoms with Gasteiger partial charge in [0.1, 0.15) is 24.4 Å². The van der Waals surface area contributed by atoms with Crippen LogP contribution in [0, 0.1) is 0 Å². The van der Waals surface area contributed by atoms with Crippen molar-refractivity contribution in [1.82, 2.24) is 0 Å². The number of hydrogen-bond acceptors (Lipinski definition) is 7. The Labute approximate surface area is 144 Å². The predicted octanol–water partition coefficient (Wildman–Crippen LogP) is -0.407. The molecule has 1 saturated heterocycles. The maximum absolute atomic E-state index is 12.0. The summed E-state index contributed by atoms with van der Waals surface area (Å²) in [5, 5.41) is 42.2. The van der Waals surface area contributed by atoms with Crippen LogP contribution in [-0.4, -0.2) is 63.5 Å². The van der Waals surface area contributed by atoms with Crippen molar-refractivity contribution in [3.8, 4) is 0 Å². The quantitative estimate of drug-likeness (QED) is 0.502. The van der Waals surface area contributed by atoms with Crippen LogP contribution in [-0.2, 0) is 16.0 Å². The standard InChI is InChI=1S/C18H21NO6/c1-2-9-5-10-3-4-12(6-11(10)7-13(9)21)19-15-17(23)16(22)14(8-20)25-18(15)24/h2-6,14-20,22-24H,1,7-8H2/t14?,15?,16-,17-,18?/m1/s1. The normalized spacial score (nSPS) is 31.9. The third-order valence-electron chi connectivity index (χ3n) is 4.58. The molecule has 1 aliphatic heterocycles. The first kappa shape index (κ1) is 17.8. The summed E-state index contributed by atoms with van der Waals surface area (Å²) < 4.78 is 5.12. The van der Waals surface area contributed by atoms with Gasteiger partial charge in [0.25, 0.3) is 0 Å². The lowest BCUT2D eigenvalue weighted by Gasteiger charge is -2.40. The van der Waals surface area contributed by atoms with Crippen molar-refractivity contribution in [3.05, 3.63) is 47.6 Å². The molecule has 1 aliphatic carbocycles. The zero-order valence-corrected chi connectivity index (χ0v) is 13.5. The van der Waals surface area contributed by atoms with E-state index >= 15 is 0 Å². The molecule has 0 bridgehead atoms. The van der Waals surface area contributed by atoms with Crippen LogP contribution in [0.25, 0.3) is 6.08 Å². The van der Waals surface area contributed by atoms with Crippen molar-refractivity contribution < 1.29 is 30.0 Å². The number of aliphatic hydroxyl groups excluding tert-OH is 4. The minimum absolute atomic E-state index is 0.0260. The molecular weight excluding hydrogens is 326 g/mol. The minimum atomic E-state index is -1.40. The van der Waals surface area contributed by atoms with Gasteiger partial charge in [-0.05, 0) is 29.3 Å². The molecule has 0 amide bonds. The third-order valence-corrected chi connectivity index (χ3v) is 4.58. The van der Waals surface area contributed by atoms with E-state index in [-0.39, 0.29) is 12.2 Å². The molecule has 134 valence electrons. The maximum Gasteiger partial charge on any atom is 0.178 e. The average Bonchev–Trinajstić information content (AvgIpc) is 2.61. The number of ketones is 1. The van der Waals surface area contributed by atoms with Gasteiger partial charge in [0.05, 0.1) is 6.61 Å². The Morgan fingerprint density at radius 1 is 1.28 bits per heavy atom. The Morgan fingerprint density at radius 2 is 2.04 bits per heavy atom. The molecule has 0 aromatic heterocycles. The Morgan fingerprint density at radius 3 is 2.72 bits per heavy atom. The lowest BCUT2D eigenvalue weighted by atomic mass is 9.90. The van der Waals surface area contributed by atoms with E-state index in [2.05, 4.69) is 11.9 Å². The minimum Gasteiger partial charge on any atom is -0.394 e. The summed E-state index contributed by atoms with van der Waals surface area (Å²) in [7, 11) is 0. The number of Topliss-reactive ketones (excluding diaryl/α,β-unsaturated/α-hetero) is 1. The van der Waals surface area contributed by atoms with Gasteiger partial charge in [-0.3, -0.25) is 4.79 Å². The molecule has 7 nitrogen and oxygen atoms in total. The number of allylic oxidation sites excluding steroid dienone is 2. The number of aliphatic hydroxyl groups is 4. The molecule has 7 heteroatoms. The number of carbonyl (C=O) groups excluding carboxylic acids is 1. The molecule has 1 heterocycles. The van der Waals surface area contributed by atoms with Crippen molar-refractivity contribution in [1.29, 1.82) is 0 Å². The molecule has 5 atom stereocenters. The van der Waals surface area contributed by atoms with Crippen LogP contribution in [0.3, 0.4) is 0 Å². The number of fused-ring (bicyclic) bond motifs is 1. The van der Waals surface area contributed by atoms with Crippen LogP contribution in [0.1, 0.15) is 11.1 Å². The topological polar surface area (TPSA) is 119 Å². The van der Waals surface area contributed by atoms with Crippen LogP contribution in [0.4, 0.5) is 5.69 Å². The summed E-state index contributed by atoms with van der Waals surface area (Å²) in [4.78, 5) is 12.0. The van der Waals surface area contributed by atoms with E-state index < -0.39 is 37.3 Å². The van der Waals surface area contributed by atoms with Crippen LogP contribution >= 0.6 is 0 Å². The maximum atomic E-state index is 12.0. The predicted molar refractivity (Wildman–Crippen MR) is 90.7 cm³/mol. The lowest BCUT2D eigenvalue weighted by molar-refractivity contribution is -0.245. The molecule has 0 saturated carbocycles. The second-order valence-electron chi connectivity index (χ2n) is 6.22.